The Balaban J connectivity index is 2.10. The van der Waals surface area contributed by atoms with Crippen LogP contribution in [0.4, 0.5) is 0 Å². The van der Waals surface area contributed by atoms with Gasteiger partial charge in [-0.05, 0) is 18.3 Å². The van der Waals surface area contributed by atoms with Crippen LogP contribution in [0.25, 0.3) is 0 Å². The lowest BCUT2D eigenvalue weighted by Crippen LogP contribution is -2.39. The predicted octanol–water partition coefficient (Wildman–Crippen LogP) is 0.353. The van der Waals surface area contributed by atoms with Crippen LogP contribution in [0.2, 0.25) is 0 Å². The maximum absolute atomic E-state index is 11.8. The second-order valence-electron chi connectivity index (χ2n) is 4.69. The van der Waals surface area contributed by atoms with Gasteiger partial charge in [0.25, 0.3) is 0 Å². The van der Waals surface area contributed by atoms with Gasteiger partial charge in [-0.1, -0.05) is 12.2 Å². The molecule has 5 nitrogen and oxygen atoms in total. The summed E-state index contributed by atoms with van der Waals surface area (Å²) >= 11 is 0. The first-order chi connectivity index (χ1) is 7.55. The lowest BCUT2D eigenvalue weighted by Gasteiger charge is -2.28. The van der Waals surface area contributed by atoms with E-state index in [-0.39, 0.29) is 18.3 Å². The summed E-state index contributed by atoms with van der Waals surface area (Å²) in [5, 5.41) is 8.90. The van der Waals surface area contributed by atoms with Gasteiger partial charge in [-0.3, -0.25) is 14.4 Å². The van der Waals surface area contributed by atoms with Crippen molar-refractivity contribution in [1.82, 2.24) is 0 Å². The fourth-order valence-electron chi connectivity index (χ4n) is 3.45. The summed E-state index contributed by atoms with van der Waals surface area (Å²) in [7, 11) is 0. The number of rotatable bonds is 2. The highest BCUT2D eigenvalue weighted by atomic mass is 16.6. The molecular formula is C11H10O5. The van der Waals surface area contributed by atoms with E-state index in [4.69, 9.17) is 5.11 Å². The molecule has 16 heavy (non-hydrogen) atoms. The fourth-order valence-corrected chi connectivity index (χ4v) is 3.45. The van der Waals surface area contributed by atoms with E-state index in [9.17, 15) is 14.4 Å². The van der Waals surface area contributed by atoms with Gasteiger partial charge in [0.15, 0.2) is 0 Å². The molecule has 1 saturated heterocycles. The Kier molecular flexibility index (Phi) is 1.63. The molecular weight excluding hydrogens is 212 g/mol. The van der Waals surface area contributed by atoms with Gasteiger partial charge in [0.1, 0.15) is 0 Å². The second-order valence-corrected chi connectivity index (χ2v) is 4.69. The van der Waals surface area contributed by atoms with Crippen molar-refractivity contribution < 1.29 is 24.2 Å². The first kappa shape index (κ1) is 9.57. The Bertz CT molecular complexity index is 438. The van der Waals surface area contributed by atoms with Crippen molar-refractivity contribution in [2.75, 3.05) is 0 Å². The molecule has 4 atom stereocenters. The van der Waals surface area contributed by atoms with Crippen LogP contribution in [0.1, 0.15) is 12.8 Å². The van der Waals surface area contributed by atoms with Gasteiger partial charge in [0.05, 0.1) is 17.8 Å². The van der Waals surface area contributed by atoms with Crippen LogP contribution >= 0.6 is 0 Å². The average molecular weight is 222 g/mol. The highest BCUT2D eigenvalue weighted by Crippen LogP contribution is 2.61. The third kappa shape index (κ3) is 0.887. The molecule has 3 rings (SSSR count). The van der Waals surface area contributed by atoms with Gasteiger partial charge in [0, 0.05) is 0 Å². The van der Waals surface area contributed by atoms with Crippen LogP contribution in [-0.4, -0.2) is 23.0 Å². The molecule has 5 heteroatoms. The van der Waals surface area contributed by atoms with E-state index < -0.39 is 29.2 Å². The molecule has 0 aromatic carbocycles. The molecule has 1 saturated carbocycles. The van der Waals surface area contributed by atoms with Crippen LogP contribution in [0, 0.1) is 23.2 Å². The lowest BCUT2D eigenvalue weighted by molar-refractivity contribution is -0.159. The van der Waals surface area contributed by atoms with Gasteiger partial charge >= 0.3 is 17.9 Å². The quantitative estimate of drug-likeness (QED) is 0.414. The van der Waals surface area contributed by atoms with Crippen molar-refractivity contribution in [3.63, 3.8) is 0 Å². The summed E-state index contributed by atoms with van der Waals surface area (Å²) in [5.74, 6) is -3.02. The normalized spacial score (nSPS) is 43.6. The molecule has 4 unspecified atom stereocenters. The molecule has 1 aliphatic heterocycles. The minimum atomic E-state index is -1.12. The number of hydrogen-bond donors (Lipinski definition) is 1. The topological polar surface area (TPSA) is 80.7 Å². The first-order valence-electron chi connectivity index (χ1n) is 5.22. The first-order valence-corrected chi connectivity index (χ1v) is 5.22. The van der Waals surface area contributed by atoms with Crippen molar-refractivity contribution in [3.05, 3.63) is 12.2 Å². The molecule has 2 fully saturated rings. The maximum atomic E-state index is 11.8. The van der Waals surface area contributed by atoms with Crippen molar-refractivity contribution in [3.8, 4) is 0 Å². The summed E-state index contributed by atoms with van der Waals surface area (Å²) in [5.41, 5.74) is -1.12. The van der Waals surface area contributed by atoms with Crippen molar-refractivity contribution in [1.29, 1.82) is 0 Å². The molecule has 2 bridgehead atoms. The molecule has 84 valence electrons. The van der Waals surface area contributed by atoms with Crippen LogP contribution in [0.15, 0.2) is 12.2 Å². The number of carbonyl (C=O) groups is 3. The van der Waals surface area contributed by atoms with Crippen LogP contribution in [0.3, 0.4) is 0 Å². The van der Waals surface area contributed by atoms with Gasteiger partial charge in [0.2, 0.25) is 0 Å². The molecule has 0 radical (unpaired) electrons. The molecule has 3 aliphatic rings. The predicted molar refractivity (Wildman–Crippen MR) is 50.0 cm³/mol. The number of cyclic esters (lactones) is 2. The zero-order valence-corrected chi connectivity index (χ0v) is 8.38. The average Bonchev–Trinajstić information content (AvgIpc) is 2.79. The summed E-state index contributed by atoms with van der Waals surface area (Å²) in [6, 6.07) is 0. The number of aliphatic carboxylic acids is 1. The largest absolute Gasteiger partial charge is 0.481 e. The van der Waals surface area contributed by atoms with Crippen molar-refractivity contribution >= 4 is 17.9 Å². The Morgan fingerprint density at radius 2 is 2.25 bits per heavy atom. The minimum Gasteiger partial charge on any atom is -0.481 e. The Hall–Kier alpha value is -1.65. The van der Waals surface area contributed by atoms with E-state index in [0.717, 1.165) is 0 Å². The Labute approximate surface area is 91.1 Å². The van der Waals surface area contributed by atoms with Gasteiger partial charge < -0.3 is 9.84 Å². The highest BCUT2D eigenvalue weighted by Gasteiger charge is 2.69. The fraction of sp³-hybridized carbons (Fsp3) is 0.545. The smallest absolute Gasteiger partial charge is 0.321 e. The van der Waals surface area contributed by atoms with Crippen molar-refractivity contribution in [2.24, 2.45) is 23.2 Å². The maximum Gasteiger partial charge on any atom is 0.321 e. The number of allylic oxidation sites excluding steroid dienone is 2. The summed E-state index contributed by atoms with van der Waals surface area (Å²) in [4.78, 5) is 34.2. The number of ether oxygens (including phenoxy) is 1. The summed E-state index contributed by atoms with van der Waals surface area (Å²) in [6.07, 6.45) is 4.13. The van der Waals surface area contributed by atoms with E-state index >= 15 is 0 Å². The Morgan fingerprint density at radius 1 is 1.50 bits per heavy atom. The number of carboxylic acids is 1. The second kappa shape index (κ2) is 2.72. The van der Waals surface area contributed by atoms with Crippen LogP contribution < -0.4 is 0 Å². The molecule has 0 amide bonds. The van der Waals surface area contributed by atoms with E-state index in [1.807, 2.05) is 12.2 Å². The van der Waals surface area contributed by atoms with E-state index in [2.05, 4.69) is 4.74 Å². The standard InChI is InChI=1S/C11H10O5/c12-7(13)4-11-6-2-1-5(3-6)8(11)9(14)16-10(11)15/h1-2,5-6,8H,3-4H2,(H,12,13). The molecule has 1 heterocycles. The van der Waals surface area contributed by atoms with Gasteiger partial charge in [-0.25, -0.2) is 0 Å². The van der Waals surface area contributed by atoms with Crippen LogP contribution in [-0.2, 0) is 19.1 Å². The SMILES string of the molecule is O=C(O)CC12C(=O)OC(=O)C1C1C=CC2C1. The molecule has 0 aromatic rings. The van der Waals surface area contributed by atoms with E-state index in [1.165, 1.54) is 0 Å². The van der Waals surface area contributed by atoms with E-state index in [1.54, 1.807) is 0 Å². The molecule has 0 spiro atoms. The highest BCUT2D eigenvalue weighted by molar-refractivity contribution is 6.02. The number of carboxylic acid groups (broad SMARTS) is 1. The van der Waals surface area contributed by atoms with E-state index in [0.29, 0.717) is 6.42 Å². The Morgan fingerprint density at radius 3 is 2.94 bits per heavy atom. The zero-order valence-electron chi connectivity index (χ0n) is 8.38. The molecule has 2 aliphatic carbocycles. The number of fused-ring (bicyclic) bond motifs is 5. The molecule has 1 N–H and O–H groups in total. The monoisotopic (exact) mass is 222 g/mol. The number of hydrogen-bond acceptors (Lipinski definition) is 4. The third-order valence-corrected chi connectivity index (χ3v) is 4.03. The lowest BCUT2D eigenvalue weighted by atomic mass is 9.68. The van der Waals surface area contributed by atoms with Gasteiger partial charge in [-0.15, -0.1) is 0 Å². The van der Waals surface area contributed by atoms with Crippen LogP contribution in [0.5, 0.6) is 0 Å². The zero-order chi connectivity index (χ0) is 11.5. The minimum absolute atomic E-state index is 0.0247. The van der Waals surface area contributed by atoms with Gasteiger partial charge in [-0.2, -0.15) is 0 Å². The summed E-state index contributed by atoms with van der Waals surface area (Å²) < 4.78 is 4.63. The summed E-state index contributed by atoms with van der Waals surface area (Å²) in [6.45, 7) is 0. The van der Waals surface area contributed by atoms with Crippen molar-refractivity contribution in [2.45, 2.75) is 12.8 Å². The molecule has 0 aromatic heterocycles. The third-order valence-electron chi connectivity index (χ3n) is 4.03. The number of carbonyl (C=O) groups excluding carboxylic acids is 2. The number of esters is 2.